The second-order valence-electron chi connectivity index (χ2n) is 4.82. The van der Waals surface area contributed by atoms with Crippen molar-refractivity contribution in [1.29, 1.82) is 0 Å². The van der Waals surface area contributed by atoms with E-state index in [1.54, 1.807) is 0 Å². The lowest BCUT2D eigenvalue weighted by molar-refractivity contribution is 0.463. The molecule has 0 spiro atoms. The molecule has 2 aromatic rings. The lowest BCUT2D eigenvalue weighted by Gasteiger charge is -2.36. The van der Waals surface area contributed by atoms with E-state index in [-0.39, 0.29) is 0 Å². The van der Waals surface area contributed by atoms with Crippen LogP contribution in [0.5, 0.6) is 0 Å². The highest BCUT2D eigenvalue weighted by Crippen LogP contribution is 2.21. The quantitative estimate of drug-likeness (QED) is 0.875. The van der Waals surface area contributed by atoms with Crippen molar-refractivity contribution >= 4 is 16.7 Å². The van der Waals surface area contributed by atoms with Gasteiger partial charge in [-0.05, 0) is 24.6 Å². The van der Waals surface area contributed by atoms with E-state index in [1.807, 2.05) is 6.07 Å². The highest BCUT2D eigenvalue weighted by molar-refractivity contribution is 5.80. The number of hydrogen-bond donors (Lipinski definition) is 1. The number of pyridine rings is 1. The fourth-order valence-electron chi connectivity index (χ4n) is 2.64. The first-order chi connectivity index (χ1) is 8.88. The average Bonchev–Trinajstić information content (AvgIpc) is 2.46. The number of rotatable bonds is 2. The molecular weight excluding hydrogens is 222 g/mol. The Morgan fingerprint density at radius 1 is 1.28 bits per heavy atom. The van der Waals surface area contributed by atoms with E-state index < -0.39 is 0 Å². The van der Waals surface area contributed by atoms with E-state index in [0.29, 0.717) is 6.04 Å². The Morgan fingerprint density at radius 2 is 2.17 bits per heavy atom. The molecule has 0 bridgehead atoms. The summed E-state index contributed by atoms with van der Waals surface area (Å²) < 4.78 is 0. The summed E-state index contributed by atoms with van der Waals surface area (Å²) in [5.74, 6) is 1.11. The van der Waals surface area contributed by atoms with Gasteiger partial charge in [0.1, 0.15) is 5.82 Å². The van der Waals surface area contributed by atoms with Crippen molar-refractivity contribution in [2.75, 3.05) is 24.5 Å². The summed E-state index contributed by atoms with van der Waals surface area (Å²) in [5, 5.41) is 4.67. The molecule has 1 unspecified atom stereocenters. The largest absolute Gasteiger partial charge is 0.351 e. The van der Waals surface area contributed by atoms with Crippen LogP contribution in [-0.4, -0.2) is 30.7 Å². The molecule has 18 heavy (non-hydrogen) atoms. The number of nitrogens with one attached hydrogen (secondary N) is 1. The molecule has 1 atom stereocenters. The van der Waals surface area contributed by atoms with Gasteiger partial charge in [0.2, 0.25) is 0 Å². The molecule has 3 rings (SSSR count). The second-order valence-corrected chi connectivity index (χ2v) is 4.82. The van der Waals surface area contributed by atoms with Gasteiger partial charge in [-0.2, -0.15) is 0 Å². The maximum absolute atomic E-state index is 4.80. The van der Waals surface area contributed by atoms with Gasteiger partial charge in [0.25, 0.3) is 0 Å². The molecule has 1 aliphatic rings. The standard InChI is InChI=1S/C15H19N3/c1-2-13-11-16-9-10-18(13)15-8-7-12-5-3-4-6-14(12)17-15/h3-8,13,16H,2,9-11H2,1H3. The Kier molecular flexibility index (Phi) is 3.15. The van der Waals surface area contributed by atoms with E-state index in [1.165, 1.54) is 5.39 Å². The second kappa shape index (κ2) is 4.94. The minimum atomic E-state index is 0.562. The lowest BCUT2D eigenvalue weighted by atomic mass is 10.1. The number of hydrogen-bond acceptors (Lipinski definition) is 3. The molecule has 3 heteroatoms. The topological polar surface area (TPSA) is 28.2 Å². The number of benzene rings is 1. The molecule has 1 fully saturated rings. The van der Waals surface area contributed by atoms with Crippen molar-refractivity contribution in [3.05, 3.63) is 36.4 Å². The molecule has 1 aromatic heterocycles. The Bertz CT molecular complexity index is 538. The molecule has 1 aliphatic heterocycles. The van der Waals surface area contributed by atoms with Gasteiger partial charge in [-0.15, -0.1) is 0 Å². The first kappa shape index (κ1) is 11.5. The van der Waals surface area contributed by atoms with Crippen LogP contribution in [0.3, 0.4) is 0 Å². The number of para-hydroxylation sites is 1. The zero-order valence-corrected chi connectivity index (χ0v) is 10.8. The van der Waals surface area contributed by atoms with Gasteiger partial charge in [-0.3, -0.25) is 0 Å². The summed E-state index contributed by atoms with van der Waals surface area (Å²) in [7, 11) is 0. The summed E-state index contributed by atoms with van der Waals surface area (Å²) in [6, 6.07) is 13.2. The van der Waals surface area contributed by atoms with E-state index in [9.17, 15) is 0 Å². The van der Waals surface area contributed by atoms with Crippen molar-refractivity contribution in [2.24, 2.45) is 0 Å². The fraction of sp³-hybridized carbons (Fsp3) is 0.400. The average molecular weight is 241 g/mol. The van der Waals surface area contributed by atoms with Crippen LogP contribution in [0.25, 0.3) is 10.9 Å². The number of aromatic nitrogens is 1. The molecular formula is C15H19N3. The third-order valence-electron chi connectivity index (χ3n) is 3.70. The fourth-order valence-corrected chi connectivity index (χ4v) is 2.64. The normalized spacial score (nSPS) is 20.3. The molecule has 2 heterocycles. The van der Waals surface area contributed by atoms with Gasteiger partial charge in [0.15, 0.2) is 0 Å². The Labute approximate surface area is 108 Å². The molecule has 1 N–H and O–H groups in total. The Morgan fingerprint density at radius 3 is 3.06 bits per heavy atom. The van der Waals surface area contributed by atoms with Gasteiger partial charge >= 0.3 is 0 Å². The van der Waals surface area contributed by atoms with Crippen LogP contribution in [-0.2, 0) is 0 Å². The minimum absolute atomic E-state index is 0.562. The molecule has 3 nitrogen and oxygen atoms in total. The first-order valence-corrected chi connectivity index (χ1v) is 6.71. The van der Waals surface area contributed by atoms with Crippen LogP contribution in [0.2, 0.25) is 0 Å². The molecule has 1 aromatic carbocycles. The van der Waals surface area contributed by atoms with Crippen LogP contribution in [0.15, 0.2) is 36.4 Å². The molecule has 0 amide bonds. The summed E-state index contributed by atoms with van der Waals surface area (Å²) in [6.07, 6.45) is 1.15. The molecule has 0 aliphatic carbocycles. The minimum Gasteiger partial charge on any atom is -0.351 e. The summed E-state index contributed by atoms with van der Waals surface area (Å²) >= 11 is 0. The summed E-state index contributed by atoms with van der Waals surface area (Å²) in [6.45, 7) is 5.39. The predicted octanol–water partition coefficient (Wildman–Crippen LogP) is 2.42. The highest BCUT2D eigenvalue weighted by Gasteiger charge is 2.21. The van der Waals surface area contributed by atoms with Crippen LogP contribution >= 0.6 is 0 Å². The zero-order chi connectivity index (χ0) is 12.4. The number of nitrogens with zero attached hydrogens (tertiary/aromatic N) is 2. The number of piperazine rings is 1. The maximum Gasteiger partial charge on any atom is 0.129 e. The first-order valence-electron chi connectivity index (χ1n) is 6.71. The Balaban J connectivity index is 1.97. The van der Waals surface area contributed by atoms with Crippen LogP contribution in [0.4, 0.5) is 5.82 Å². The van der Waals surface area contributed by atoms with Gasteiger partial charge in [0, 0.05) is 31.1 Å². The summed E-state index contributed by atoms with van der Waals surface area (Å²) in [5.41, 5.74) is 1.09. The van der Waals surface area contributed by atoms with Crippen molar-refractivity contribution < 1.29 is 0 Å². The third kappa shape index (κ3) is 2.06. The maximum atomic E-state index is 4.80. The van der Waals surface area contributed by atoms with Crippen molar-refractivity contribution in [2.45, 2.75) is 19.4 Å². The van der Waals surface area contributed by atoms with E-state index in [2.05, 4.69) is 47.5 Å². The highest BCUT2D eigenvalue weighted by atomic mass is 15.3. The Hall–Kier alpha value is -1.61. The van der Waals surface area contributed by atoms with Crippen LogP contribution < -0.4 is 10.2 Å². The van der Waals surface area contributed by atoms with Crippen molar-refractivity contribution in [1.82, 2.24) is 10.3 Å². The van der Waals surface area contributed by atoms with E-state index >= 15 is 0 Å². The van der Waals surface area contributed by atoms with Crippen molar-refractivity contribution in [3.63, 3.8) is 0 Å². The van der Waals surface area contributed by atoms with Gasteiger partial charge < -0.3 is 10.2 Å². The van der Waals surface area contributed by atoms with Gasteiger partial charge in [0.05, 0.1) is 5.52 Å². The molecule has 1 saturated heterocycles. The van der Waals surface area contributed by atoms with Crippen LogP contribution in [0.1, 0.15) is 13.3 Å². The predicted molar refractivity (Wildman–Crippen MR) is 76.0 cm³/mol. The third-order valence-corrected chi connectivity index (χ3v) is 3.70. The summed E-state index contributed by atoms with van der Waals surface area (Å²) in [4.78, 5) is 7.23. The zero-order valence-electron chi connectivity index (χ0n) is 10.8. The molecule has 0 radical (unpaired) electrons. The lowest BCUT2D eigenvalue weighted by Crippen LogP contribution is -2.51. The number of anilines is 1. The monoisotopic (exact) mass is 241 g/mol. The van der Waals surface area contributed by atoms with Crippen LogP contribution in [0, 0.1) is 0 Å². The van der Waals surface area contributed by atoms with E-state index in [0.717, 1.165) is 37.4 Å². The smallest absolute Gasteiger partial charge is 0.129 e. The molecule has 94 valence electrons. The van der Waals surface area contributed by atoms with Gasteiger partial charge in [-0.1, -0.05) is 25.1 Å². The SMILES string of the molecule is CCC1CNCCN1c1ccc2ccccc2n1. The van der Waals surface area contributed by atoms with Gasteiger partial charge in [-0.25, -0.2) is 4.98 Å². The van der Waals surface area contributed by atoms with E-state index in [4.69, 9.17) is 4.98 Å². The number of fused-ring (bicyclic) bond motifs is 1. The van der Waals surface area contributed by atoms with Crippen molar-refractivity contribution in [3.8, 4) is 0 Å². The molecule has 0 saturated carbocycles.